The zero-order chi connectivity index (χ0) is 19.2. The molecule has 1 aromatic carbocycles. The quantitative estimate of drug-likeness (QED) is 0.833. The lowest BCUT2D eigenvalue weighted by atomic mass is 10.1. The smallest absolute Gasteiger partial charge is 0.270 e. The van der Waals surface area contributed by atoms with Crippen molar-refractivity contribution >= 4 is 11.9 Å². The van der Waals surface area contributed by atoms with Crippen molar-refractivity contribution in [1.82, 2.24) is 20.2 Å². The van der Waals surface area contributed by atoms with E-state index < -0.39 is 0 Å². The fraction of sp³-hybridized carbons (Fsp3) is 0.450. The molecule has 2 aromatic rings. The number of rotatable bonds is 6. The van der Waals surface area contributed by atoms with Gasteiger partial charge < -0.3 is 19.9 Å². The minimum absolute atomic E-state index is 0.163. The van der Waals surface area contributed by atoms with Crippen LogP contribution in [-0.4, -0.2) is 67.7 Å². The average molecular weight is 369 g/mol. The molecule has 144 valence electrons. The highest BCUT2D eigenvalue weighted by atomic mass is 16.5. The van der Waals surface area contributed by atoms with E-state index in [0.717, 1.165) is 49.6 Å². The summed E-state index contributed by atoms with van der Waals surface area (Å²) in [7, 11) is 3.76. The van der Waals surface area contributed by atoms with E-state index in [9.17, 15) is 4.79 Å². The van der Waals surface area contributed by atoms with Gasteiger partial charge in [0.2, 0.25) is 5.95 Å². The molecule has 2 heterocycles. The predicted octanol–water partition coefficient (Wildman–Crippen LogP) is 1.52. The number of ether oxygens (including phenoxy) is 1. The number of hydrogen-bond acceptors (Lipinski definition) is 6. The van der Waals surface area contributed by atoms with Gasteiger partial charge in [0.25, 0.3) is 5.91 Å². The van der Waals surface area contributed by atoms with Crippen LogP contribution < -0.4 is 15.0 Å². The number of hydrogen-bond donors (Lipinski definition) is 1. The second kappa shape index (κ2) is 8.81. The maximum atomic E-state index is 12.5. The molecule has 0 unspecified atom stereocenters. The van der Waals surface area contributed by atoms with Crippen molar-refractivity contribution in [3.63, 3.8) is 0 Å². The van der Waals surface area contributed by atoms with Gasteiger partial charge in [0.1, 0.15) is 11.4 Å². The molecule has 0 atom stereocenters. The number of piperazine rings is 1. The van der Waals surface area contributed by atoms with Gasteiger partial charge in [-0.1, -0.05) is 12.1 Å². The summed E-state index contributed by atoms with van der Waals surface area (Å²) < 4.78 is 5.16. The second-order valence-corrected chi connectivity index (χ2v) is 6.84. The fourth-order valence-electron chi connectivity index (χ4n) is 3.02. The third-order valence-electron chi connectivity index (χ3n) is 4.72. The molecule has 0 bridgehead atoms. The van der Waals surface area contributed by atoms with Gasteiger partial charge in [0.05, 0.1) is 7.11 Å². The van der Waals surface area contributed by atoms with E-state index in [-0.39, 0.29) is 5.91 Å². The molecular formula is C20H27N5O2. The minimum Gasteiger partial charge on any atom is -0.497 e. The number of likely N-dealkylation sites (N-methyl/N-ethyl adjacent to an activating group) is 1. The molecule has 27 heavy (non-hydrogen) atoms. The molecule has 7 heteroatoms. The Bertz CT molecular complexity index is 770. The van der Waals surface area contributed by atoms with Crippen LogP contribution in [0.3, 0.4) is 0 Å². The van der Waals surface area contributed by atoms with Crippen molar-refractivity contribution < 1.29 is 9.53 Å². The Labute approximate surface area is 160 Å². The van der Waals surface area contributed by atoms with E-state index in [1.165, 1.54) is 0 Å². The standard InChI is InChI=1S/C20H27N5O2/c1-15-14-18(23-20(22-15)25-12-10-24(2)11-13-25)19(26)21-9-8-16-4-6-17(27-3)7-5-16/h4-7,14H,8-13H2,1-3H3,(H,21,26). The third kappa shape index (κ3) is 5.17. The van der Waals surface area contributed by atoms with Crippen LogP contribution in [0.15, 0.2) is 30.3 Å². The third-order valence-corrected chi connectivity index (χ3v) is 4.72. The number of aromatic nitrogens is 2. The molecule has 0 radical (unpaired) electrons. The van der Waals surface area contributed by atoms with Crippen molar-refractivity contribution in [2.75, 3.05) is 51.8 Å². The van der Waals surface area contributed by atoms with E-state index in [1.54, 1.807) is 13.2 Å². The molecule has 0 spiro atoms. The summed E-state index contributed by atoms with van der Waals surface area (Å²) >= 11 is 0. The van der Waals surface area contributed by atoms with Crippen LogP contribution in [-0.2, 0) is 6.42 Å². The number of anilines is 1. The fourth-order valence-corrected chi connectivity index (χ4v) is 3.02. The van der Waals surface area contributed by atoms with Gasteiger partial charge in [0, 0.05) is 38.4 Å². The first-order valence-corrected chi connectivity index (χ1v) is 9.25. The predicted molar refractivity (Wildman–Crippen MR) is 106 cm³/mol. The highest BCUT2D eigenvalue weighted by Gasteiger charge is 2.19. The average Bonchev–Trinajstić information content (AvgIpc) is 2.68. The highest BCUT2D eigenvalue weighted by molar-refractivity contribution is 5.92. The molecule has 1 saturated heterocycles. The van der Waals surface area contributed by atoms with Crippen molar-refractivity contribution in [1.29, 1.82) is 0 Å². The highest BCUT2D eigenvalue weighted by Crippen LogP contribution is 2.13. The van der Waals surface area contributed by atoms with Gasteiger partial charge in [-0.2, -0.15) is 0 Å². The number of aryl methyl sites for hydroxylation is 1. The zero-order valence-corrected chi connectivity index (χ0v) is 16.2. The first kappa shape index (κ1) is 19.1. The number of nitrogens with one attached hydrogen (secondary N) is 1. The summed E-state index contributed by atoms with van der Waals surface area (Å²) in [6.07, 6.45) is 0.755. The lowest BCUT2D eigenvalue weighted by molar-refractivity contribution is 0.0949. The molecule has 3 rings (SSSR count). The van der Waals surface area contributed by atoms with Gasteiger partial charge in [-0.25, -0.2) is 9.97 Å². The van der Waals surface area contributed by atoms with Crippen molar-refractivity contribution in [3.05, 3.63) is 47.3 Å². The second-order valence-electron chi connectivity index (χ2n) is 6.84. The maximum absolute atomic E-state index is 12.5. The first-order valence-electron chi connectivity index (χ1n) is 9.25. The molecular weight excluding hydrogens is 342 g/mol. The maximum Gasteiger partial charge on any atom is 0.270 e. The molecule has 1 aliphatic heterocycles. The van der Waals surface area contributed by atoms with Crippen LogP contribution >= 0.6 is 0 Å². The monoisotopic (exact) mass is 369 g/mol. The van der Waals surface area contributed by atoms with Crippen LogP contribution in [0.5, 0.6) is 5.75 Å². The molecule has 0 saturated carbocycles. The van der Waals surface area contributed by atoms with E-state index in [4.69, 9.17) is 4.74 Å². The molecule has 1 fully saturated rings. The normalized spacial score (nSPS) is 14.9. The summed E-state index contributed by atoms with van der Waals surface area (Å²) in [5, 5.41) is 2.95. The number of methoxy groups -OCH3 is 1. The first-order chi connectivity index (χ1) is 13.0. The molecule has 0 aliphatic carbocycles. The topological polar surface area (TPSA) is 70.6 Å². The SMILES string of the molecule is COc1ccc(CCNC(=O)c2cc(C)nc(N3CCN(C)CC3)n2)cc1. The summed E-state index contributed by atoms with van der Waals surface area (Å²) in [6, 6.07) is 9.60. The Balaban J connectivity index is 1.58. The minimum atomic E-state index is -0.163. The number of carbonyl (C=O) groups is 1. The van der Waals surface area contributed by atoms with Crippen molar-refractivity contribution in [3.8, 4) is 5.75 Å². The van der Waals surface area contributed by atoms with E-state index in [1.807, 2.05) is 31.2 Å². The number of amides is 1. The Hall–Kier alpha value is -2.67. The van der Waals surface area contributed by atoms with Gasteiger partial charge in [-0.3, -0.25) is 4.79 Å². The lowest BCUT2D eigenvalue weighted by Gasteiger charge is -2.32. The molecule has 1 aliphatic rings. The molecule has 1 aromatic heterocycles. The van der Waals surface area contributed by atoms with Crippen molar-refractivity contribution in [2.24, 2.45) is 0 Å². The zero-order valence-electron chi connectivity index (χ0n) is 16.2. The van der Waals surface area contributed by atoms with E-state index in [0.29, 0.717) is 18.2 Å². The van der Waals surface area contributed by atoms with Gasteiger partial charge in [0.15, 0.2) is 0 Å². The number of nitrogens with zero attached hydrogens (tertiary/aromatic N) is 4. The van der Waals surface area contributed by atoms with Crippen LogP contribution in [0.2, 0.25) is 0 Å². The molecule has 1 amide bonds. The number of benzene rings is 1. The Kier molecular flexibility index (Phi) is 6.24. The van der Waals surface area contributed by atoms with E-state index >= 15 is 0 Å². The van der Waals surface area contributed by atoms with Crippen LogP contribution in [0.1, 0.15) is 21.7 Å². The van der Waals surface area contributed by atoms with E-state index in [2.05, 4.69) is 32.1 Å². The Morgan fingerprint density at radius 1 is 1.15 bits per heavy atom. The van der Waals surface area contributed by atoms with Gasteiger partial charge in [-0.15, -0.1) is 0 Å². The van der Waals surface area contributed by atoms with Gasteiger partial charge in [-0.05, 0) is 44.2 Å². The summed E-state index contributed by atoms with van der Waals surface area (Å²) in [5.41, 5.74) is 2.37. The number of carbonyl (C=O) groups excluding carboxylic acids is 1. The van der Waals surface area contributed by atoms with Gasteiger partial charge >= 0.3 is 0 Å². The summed E-state index contributed by atoms with van der Waals surface area (Å²) in [5.74, 6) is 1.31. The Morgan fingerprint density at radius 3 is 2.52 bits per heavy atom. The lowest BCUT2D eigenvalue weighted by Crippen LogP contribution is -2.45. The molecule has 1 N–H and O–H groups in total. The summed E-state index contributed by atoms with van der Waals surface area (Å²) in [6.45, 7) is 6.14. The Morgan fingerprint density at radius 2 is 1.85 bits per heavy atom. The molecule has 7 nitrogen and oxygen atoms in total. The van der Waals surface area contributed by atoms with Crippen LogP contribution in [0.25, 0.3) is 0 Å². The van der Waals surface area contributed by atoms with Crippen LogP contribution in [0.4, 0.5) is 5.95 Å². The van der Waals surface area contributed by atoms with Crippen molar-refractivity contribution in [2.45, 2.75) is 13.3 Å². The van der Waals surface area contributed by atoms with Crippen LogP contribution in [0, 0.1) is 6.92 Å². The largest absolute Gasteiger partial charge is 0.497 e. The summed E-state index contributed by atoms with van der Waals surface area (Å²) in [4.78, 5) is 26.0.